The van der Waals surface area contributed by atoms with Crippen LogP contribution < -0.4 is 0 Å². The summed E-state index contributed by atoms with van der Waals surface area (Å²) in [5, 5.41) is 0. The van der Waals surface area contributed by atoms with E-state index < -0.39 is 0 Å². The predicted molar refractivity (Wildman–Crippen MR) is 36.1 cm³/mol. The predicted octanol–water partition coefficient (Wildman–Crippen LogP) is 1.81. The maximum Gasteiger partial charge on any atom is 0.310 e. The fraction of sp³-hybridized carbons (Fsp3) is 0.571. The lowest BCUT2D eigenvalue weighted by Gasteiger charge is -1.95. The Labute approximate surface area is 59.7 Å². The Hall–Kier alpha value is -0.860. The van der Waals surface area contributed by atoms with Gasteiger partial charge in [0.05, 0.1) is 12.9 Å². The van der Waals surface area contributed by atoms with E-state index in [-0.39, 0.29) is 19.1 Å². The van der Waals surface area contributed by atoms with Gasteiger partial charge in [0, 0.05) is 6.42 Å². The molecule has 10 heavy (non-hydrogen) atoms. The number of halogens is 1. The molecule has 0 aliphatic heterocycles. The van der Waals surface area contributed by atoms with E-state index in [0.29, 0.717) is 12.8 Å². The van der Waals surface area contributed by atoms with E-state index in [9.17, 15) is 9.18 Å². The molecule has 0 heterocycles. The van der Waals surface area contributed by atoms with Crippen molar-refractivity contribution in [2.45, 2.75) is 19.3 Å². The van der Waals surface area contributed by atoms with Gasteiger partial charge in [0.15, 0.2) is 0 Å². The second-order valence-corrected chi connectivity index (χ2v) is 1.80. The van der Waals surface area contributed by atoms with E-state index in [1.807, 2.05) is 0 Å². The van der Waals surface area contributed by atoms with E-state index >= 15 is 0 Å². The summed E-state index contributed by atoms with van der Waals surface area (Å²) < 4.78 is 15.8. The Morgan fingerprint density at radius 1 is 1.60 bits per heavy atom. The van der Waals surface area contributed by atoms with Gasteiger partial charge >= 0.3 is 5.97 Å². The van der Waals surface area contributed by atoms with Crippen molar-refractivity contribution in [3.8, 4) is 0 Å². The number of unbranched alkanes of at least 4 members (excludes halogenated alkanes) is 1. The number of rotatable bonds is 5. The van der Waals surface area contributed by atoms with Crippen LogP contribution in [0.4, 0.5) is 4.39 Å². The molecule has 58 valence electrons. The van der Waals surface area contributed by atoms with Crippen LogP contribution in [0.25, 0.3) is 0 Å². The van der Waals surface area contributed by atoms with Gasteiger partial charge in [-0.05, 0) is 12.8 Å². The smallest absolute Gasteiger partial charge is 0.310 e. The van der Waals surface area contributed by atoms with Crippen molar-refractivity contribution in [1.82, 2.24) is 0 Å². The second-order valence-electron chi connectivity index (χ2n) is 1.80. The lowest BCUT2D eigenvalue weighted by atomic mass is 10.2. The van der Waals surface area contributed by atoms with Gasteiger partial charge in [-0.25, -0.2) is 0 Å². The van der Waals surface area contributed by atoms with Gasteiger partial charge in [-0.1, -0.05) is 6.58 Å². The molecule has 0 bridgehead atoms. The SMILES string of the molecule is C=COC(=O)CCCCF. The molecule has 0 aliphatic carbocycles. The van der Waals surface area contributed by atoms with E-state index in [4.69, 9.17) is 0 Å². The summed E-state index contributed by atoms with van der Waals surface area (Å²) in [6.45, 7) is 2.84. The van der Waals surface area contributed by atoms with Gasteiger partial charge in [-0.2, -0.15) is 0 Å². The van der Waals surface area contributed by atoms with Crippen LogP contribution in [0.15, 0.2) is 12.8 Å². The number of hydrogen-bond donors (Lipinski definition) is 0. The summed E-state index contributed by atoms with van der Waals surface area (Å²) in [4.78, 5) is 10.5. The van der Waals surface area contributed by atoms with Gasteiger partial charge < -0.3 is 4.74 Å². The van der Waals surface area contributed by atoms with Gasteiger partial charge in [-0.15, -0.1) is 0 Å². The van der Waals surface area contributed by atoms with Gasteiger partial charge in [0.25, 0.3) is 0 Å². The summed E-state index contributed by atoms with van der Waals surface area (Å²) in [5.74, 6) is -0.344. The van der Waals surface area contributed by atoms with Crippen LogP contribution in [0.1, 0.15) is 19.3 Å². The van der Waals surface area contributed by atoms with Crippen molar-refractivity contribution in [2.75, 3.05) is 6.67 Å². The number of carbonyl (C=O) groups is 1. The van der Waals surface area contributed by atoms with Crippen molar-refractivity contribution in [1.29, 1.82) is 0 Å². The first-order chi connectivity index (χ1) is 4.81. The van der Waals surface area contributed by atoms with E-state index in [2.05, 4.69) is 11.3 Å². The third-order valence-electron chi connectivity index (χ3n) is 0.979. The highest BCUT2D eigenvalue weighted by Crippen LogP contribution is 1.97. The van der Waals surface area contributed by atoms with E-state index in [1.54, 1.807) is 0 Å². The van der Waals surface area contributed by atoms with Crippen LogP contribution in [-0.4, -0.2) is 12.6 Å². The fourth-order valence-corrected chi connectivity index (χ4v) is 0.516. The maximum atomic E-state index is 11.5. The lowest BCUT2D eigenvalue weighted by Crippen LogP contribution is -1.98. The molecular formula is C7H11FO2. The largest absolute Gasteiger partial charge is 0.435 e. The highest BCUT2D eigenvalue weighted by molar-refractivity contribution is 5.69. The fourth-order valence-electron chi connectivity index (χ4n) is 0.516. The zero-order valence-corrected chi connectivity index (χ0v) is 5.81. The normalized spacial score (nSPS) is 8.90. The van der Waals surface area contributed by atoms with Crippen molar-refractivity contribution >= 4 is 5.97 Å². The average Bonchev–Trinajstić information content (AvgIpc) is 1.89. The molecule has 0 radical (unpaired) electrons. The molecule has 0 rings (SSSR count). The van der Waals surface area contributed by atoms with Crippen LogP contribution >= 0.6 is 0 Å². The van der Waals surface area contributed by atoms with Crippen molar-refractivity contribution in [3.63, 3.8) is 0 Å². The quantitative estimate of drug-likeness (QED) is 0.336. The zero-order chi connectivity index (χ0) is 7.82. The zero-order valence-electron chi connectivity index (χ0n) is 5.81. The number of carbonyl (C=O) groups excluding carboxylic acids is 1. The number of alkyl halides is 1. The third-order valence-corrected chi connectivity index (χ3v) is 0.979. The Balaban J connectivity index is 3.13. The first kappa shape index (κ1) is 9.14. The summed E-state index contributed by atoms with van der Waals surface area (Å²) in [7, 11) is 0. The third kappa shape index (κ3) is 5.28. The number of ether oxygens (including phenoxy) is 1. The Morgan fingerprint density at radius 2 is 2.30 bits per heavy atom. The molecule has 2 nitrogen and oxygen atoms in total. The molecule has 0 aliphatic rings. The van der Waals surface area contributed by atoms with Crippen LogP contribution in [0.5, 0.6) is 0 Å². The van der Waals surface area contributed by atoms with Crippen LogP contribution in [0, 0.1) is 0 Å². The van der Waals surface area contributed by atoms with Crippen LogP contribution in [0.2, 0.25) is 0 Å². The molecule has 0 atom stereocenters. The topological polar surface area (TPSA) is 26.3 Å². The van der Waals surface area contributed by atoms with Crippen molar-refractivity contribution in [2.24, 2.45) is 0 Å². The average molecular weight is 146 g/mol. The molecule has 0 aromatic heterocycles. The van der Waals surface area contributed by atoms with Gasteiger partial charge in [0.1, 0.15) is 0 Å². The Morgan fingerprint density at radius 3 is 2.80 bits per heavy atom. The minimum absolute atomic E-state index is 0.274. The molecule has 0 saturated heterocycles. The number of hydrogen-bond acceptors (Lipinski definition) is 2. The van der Waals surface area contributed by atoms with Crippen molar-refractivity contribution < 1.29 is 13.9 Å². The molecule has 0 fully saturated rings. The molecular weight excluding hydrogens is 135 g/mol. The van der Waals surface area contributed by atoms with Crippen molar-refractivity contribution in [3.05, 3.63) is 12.8 Å². The molecule has 3 heteroatoms. The summed E-state index contributed by atoms with van der Waals surface area (Å²) in [5.41, 5.74) is 0. The monoisotopic (exact) mass is 146 g/mol. The molecule has 0 aromatic carbocycles. The lowest BCUT2D eigenvalue weighted by molar-refractivity contribution is -0.138. The summed E-state index contributed by atoms with van der Waals surface area (Å²) >= 11 is 0. The minimum Gasteiger partial charge on any atom is -0.435 e. The Bertz CT molecular complexity index is 112. The molecule has 0 N–H and O–H groups in total. The van der Waals surface area contributed by atoms with Gasteiger partial charge in [0.2, 0.25) is 0 Å². The molecule has 0 saturated carbocycles. The first-order valence-corrected chi connectivity index (χ1v) is 3.17. The molecule has 0 aromatic rings. The van der Waals surface area contributed by atoms with Gasteiger partial charge in [-0.3, -0.25) is 9.18 Å². The standard InChI is InChI=1S/C7H11FO2/c1-2-10-7(9)5-3-4-6-8/h2H,1,3-6H2. The van der Waals surface area contributed by atoms with E-state index in [0.717, 1.165) is 6.26 Å². The van der Waals surface area contributed by atoms with Crippen LogP contribution in [0.3, 0.4) is 0 Å². The maximum absolute atomic E-state index is 11.5. The second kappa shape index (κ2) is 6.26. The summed E-state index contributed by atoms with van der Waals surface area (Å²) in [6, 6.07) is 0. The molecule has 0 spiro atoms. The molecule has 0 unspecified atom stereocenters. The minimum atomic E-state index is -0.374. The van der Waals surface area contributed by atoms with Crippen LogP contribution in [-0.2, 0) is 9.53 Å². The first-order valence-electron chi connectivity index (χ1n) is 3.17. The summed E-state index contributed by atoms with van der Waals surface area (Å²) in [6.07, 6.45) is 2.32. The highest BCUT2D eigenvalue weighted by atomic mass is 19.1. The highest BCUT2D eigenvalue weighted by Gasteiger charge is 1.98. The molecule has 0 amide bonds. The van der Waals surface area contributed by atoms with E-state index in [1.165, 1.54) is 0 Å². The Kier molecular flexibility index (Phi) is 5.72. The number of esters is 1.